The van der Waals surface area contributed by atoms with Gasteiger partial charge >= 0.3 is 12.0 Å². The minimum Gasteiger partial charge on any atom is -0.480 e. The van der Waals surface area contributed by atoms with Crippen LogP contribution >= 0.6 is 0 Å². The first-order valence-corrected chi connectivity index (χ1v) is 5.52. The SMILES string of the molecule is C=CCNC(=O)N1Cc2[nH]cnc2CC1C(=O)O. The molecule has 1 aromatic rings. The van der Waals surface area contributed by atoms with E-state index in [0.29, 0.717) is 12.2 Å². The van der Waals surface area contributed by atoms with Crippen molar-refractivity contribution in [3.63, 3.8) is 0 Å². The lowest BCUT2D eigenvalue weighted by Gasteiger charge is -2.32. The summed E-state index contributed by atoms with van der Waals surface area (Å²) in [6, 6.07) is -1.30. The second kappa shape index (κ2) is 4.91. The zero-order valence-corrected chi connectivity index (χ0v) is 9.72. The molecule has 96 valence electrons. The van der Waals surface area contributed by atoms with Crippen molar-refractivity contribution in [2.75, 3.05) is 6.54 Å². The van der Waals surface area contributed by atoms with Crippen molar-refractivity contribution < 1.29 is 14.7 Å². The Labute approximate surface area is 104 Å². The quantitative estimate of drug-likeness (QED) is 0.663. The van der Waals surface area contributed by atoms with Crippen LogP contribution in [-0.4, -0.2) is 44.6 Å². The van der Waals surface area contributed by atoms with Crippen LogP contribution in [-0.2, 0) is 17.8 Å². The Morgan fingerprint density at radius 3 is 3.17 bits per heavy atom. The average Bonchev–Trinajstić information content (AvgIpc) is 2.81. The van der Waals surface area contributed by atoms with Crippen molar-refractivity contribution in [1.82, 2.24) is 20.2 Å². The van der Waals surface area contributed by atoms with E-state index in [9.17, 15) is 9.59 Å². The molecule has 1 unspecified atom stereocenters. The molecule has 18 heavy (non-hydrogen) atoms. The van der Waals surface area contributed by atoms with Gasteiger partial charge in [-0.2, -0.15) is 0 Å². The highest BCUT2D eigenvalue weighted by Gasteiger charge is 2.35. The lowest BCUT2D eigenvalue weighted by Crippen LogP contribution is -2.52. The molecule has 1 aliphatic rings. The van der Waals surface area contributed by atoms with Gasteiger partial charge in [0.15, 0.2) is 0 Å². The van der Waals surface area contributed by atoms with E-state index in [0.717, 1.165) is 5.69 Å². The fraction of sp³-hybridized carbons (Fsp3) is 0.364. The Balaban J connectivity index is 2.19. The van der Waals surface area contributed by atoms with Crippen LogP contribution in [0.1, 0.15) is 11.4 Å². The molecular formula is C11H14N4O3. The molecule has 0 radical (unpaired) electrons. The number of rotatable bonds is 3. The van der Waals surface area contributed by atoms with Crippen LogP contribution in [0.4, 0.5) is 4.79 Å². The fourth-order valence-electron chi connectivity index (χ4n) is 1.93. The normalized spacial score (nSPS) is 18.0. The van der Waals surface area contributed by atoms with Crippen LogP contribution in [0, 0.1) is 0 Å². The fourth-order valence-corrected chi connectivity index (χ4v) is 1.93. The number of nitrogens with zero attached hydrogens (tertiary/aromatic N) is 2. The smallest absolute Gasteiger partial charge is 0.326 e. The number of imidazole rings is 1. The Kier molecular flexibility index (Phi) is 3.31. The van der Waals surface area contributed by atoms with E-state index in [1.165, 1.54) is 11.2 Å². The molecule has 2 rings (SSSR count). The summed E-state index contributed by atoms with van der Waals surface area (Å²) in [4.78, 5) is 31.3. The molecule has 0 saturated carbocycles. The number of aromatic nitrogens is 2. The second-order valence-corrected chi connectivity index (χ2v) is 3.99. The van der Waals surface area contributed by atoms with E-state index in [-0.39, 0.29) is 13.0 Å². The molecule has 1 atom stereocenters. The van der Waals surface area contributed by atoms with Crippen LogP contribution in [0.5, 0.6) is 0 Å². The van der Waals surface area contributed by atoms with E-state index in [4.69, 9.17) is 5.11 Å². The number of amides is 2. The number of urea groups is 1. The topological polar surface area (TPSA) is 98.3 Å². The van der Waals surface area contributed by atoms with Crippen LogP contribution < -0.4 is 5.32 Å². The van der Waals surface area contributed by atoms with Gasteiger partial charge in [-0.05, 0) is 0 Å². The maximum Gasteiger partial charge on any atom is 0.326 e. The number of carboxylic acid groups (broad SMARTS) is 1. The van der Waals surface area contributed by atoms with Crippen LogP contribution in [0.2, 0.25) is 0 Å². The molecule has 1 aromatic heterocycles. The zero-order chi connectivity index (χ0) is 13.1. The standard InChI is InChI=1S/C11H14N4O3/c1-2-3-12-11(18)15-5-8-7(13-6-14-8)4-9(15)10(16)17/h2,6,9H,1,3-5H2,(H,12,18)(H,13,14)(H,16,17). The highest BCUT2D eigenvalue weighted by atomic mass is 16.4. The first-order valence-electron chi connectivity index (χ1n) is 5.52. The second-order valence-electron chi connectivity index (χ2n) is 3.99. The minimum atomic E-state index is -1.03. The molecule has 0 bridgehead atoms. The van der Waals surface area contributed by atoms with E-state index >= 15 is 0 Å². The van der Waals surface area contributed by atoms with Crippen LogP contribution in [0.15, 0.2) is 19.0 Å². The molecule has 0 fully saturated rings. The molecule has 2 heterocycles. The number of hydrogen-bond donors (Lipinski definition) is 3. The monoisotopic (exact) mass is 250 g/mol. The maximum atomic E-state index is 11.9. The van der Waals surface area contributed by atoms with Crippen molar-refractivity contribution >= 4 is 12.0 Å². The molecule has 0 spiro atoms. The van der Waals surface area contributed by atoms with Gasteiger partial charge in [-0.3, -0.25) is 0 Å². The lowest BCUT2D eigenvalue weighted by atomic mass is 10.0. The summed E-state index contributed by atoms with van der Waals surface area (Å²) in [5.74, 6) is -1.03. The number of fused-ring (bicyclic) bond motifs is 1. The molecule has 7 heteroatoms. The first-order chi connectivity index (χ1) is 8.63. The Bertz CT molecular complexity index is 482. The third kappa shape index (κ3) is 2.20. The summed E-state index contributed by atoms with van der Waals surface area (Å²) in [5.41, 5.74) is 1.48. The molecular weight excluding hydrogens is 236 g/mol. The third-order valence-corrected chi connectivity index (χ3v) is 2.84. The van der Waals surface area contributed by atoms with E-state index in [1.807, 2.05) is 0 Å². The average molecular weight is 250 g/mol. The summed E-state index contributed by atoms with van der Waals surface area (Å²) in [5, 5.41) is 11.7. The van der Waals surface area contributed by atoms with Crippen molar-refractivity contribution in [3.05, 3.63) is 30.4 Å². The number of H-pyrrole nitrogens is 1. The minimum absolute atomic E-state index is 0.218. The first kappa shape index (κ1) is 12.2. The van der Waals surface area contributed by atoms with Gasteiger partial charge in [0.25, 0.3) is 0 Å². The molecule has 1 aliphatic heterocycles. The molecule has 7 nitrogen and oxygen atoms in total. The van der Waals surface area contributed by atoms with Gasteiger partial charge < -0.3 is 20.3 Å². The van der Waals surface area contributed by atoms with Gasteiger partial charge in [-0.25, -0.2) is 14.6 Å². The summed E-state index contributed by atoms with van der Waals surface area (Å²) in [6.45, 7) is 4.01. The van der Waals surface area contributed by atoms with Crippen molar-refractivity contribution in [1.29, 1.82) is 0 Å². The van der Waals surface area contributed by atoms with Gasteiger partial charge in [0.2, 0.25) is 0 Å². The maximum absolute atomic E-state index is 11.9. The molecule has 3 N–H and O–H groups in total. The van der Waals surface area contributed by atoms with Crippen molar-refractivity contribution in [2.24, 2.45) is 0 Å². The van der Waals surface area contributed by atoms with E-state index in [2.05, 4.69) is 21.9 Å². The van der Waals surface area contributed by atoms with Gasteiger partial charge in [0.05, 0.1) is 24.3 Å². The summed E-state index contributed by atoms with van der Waals surface area (Å²) >= 11 is 0. The molecule has 0 aromatic carbocycles. The number of carbonyl (C=O) groups is 2. The highest BCUT2D eigenvalue weighted by Crippen LogP contribution is 2.20. The zero-order valence-electron chi connectivity index (χ0n) is 9.72. The number of hydrogen-bond acceptors (Lipinski definition) is 3. The van der Waals surface area contributed by atoms with Crippen molar-refractivity contribution in [2.45, 2.75) is 19.0 Å². The van der Waals surface area contributed by atoms with Gasteiger partial charge in [0.1, 0.15) is 6.04 Å². The van der Waals surface area contributed by atoms with E-state index < -0.39 is 18.0 Å². The number of carbonyl (C=O) groups excluding carboxylic acids is 1. The van der Waals surface area contributed by atoms with Gasteiger partial charge in [0, 0.05) is 13.0 Å². The number of aromatic amines is 1. The van der Waals surface area contributed by atoms with Crippen molar-refractivity contribution in [3.8, 4) is 0 Å². The number of carboxylic acids is 1. The number of nitrogens with one attached hydrogen (secondary N) is 2. The molecule has 0 saturated heterocycles. The van der Waals surface area contributed by atoms with Crippen LogP contribution in [0.25, 0.3) is 0 Å². The largest absolute Gasteiger partial charge is 0.480 e. The van der Waals surface area contributed by atoms with Crippen LogP contribution in [0.3, 0.4) is 0 Å². The van der Waals surface area contributed by atoms with E-state index in [1.54, 1.807) is 6.08 Å². The number of aliphatic carboxylic acids is 1. The Hall–Kier alpha value is -2.31. The lowest BCUT2D eigenvalue weighted by molar-refractivity contribution is -0.142. The highest BCUT2D eigenvalue weighted by molar-refractivity contribution is 5.83. The predicted molar refractivity (Wildman–Crippen MR) is 62.9 cm³/mol. The van der Waals surface area contributed by atoms with Gasteiger partial charge in [-0.1, -0.05) is 6.08 Å². The Morgan fingerprint density at radius 2 is 2.50 bits per heavy atom. The third-order valence-electron chi connectivity index (χ3n) is 2.84. The summed E-state index contributed by atoms with van der Waals surface area (Å²) < 4.78 is 0. The molecule has 2 amide bonds. The van der Waals surface area contributed by atoms with Gasteiger partial charge in [-0.15, -0.1) is 6.58 Å². The Morgan fingerprint density at radius 1 is 1.72 bits per heavy atom. The summed E-state index contributed by atoms with van der Waals surface area (Å²) in [7, 11) is 0. The predicted octanol–water partition coefficient (Wildman–Crippen LogP) is 0.117. The summed E-state index contributed by atoms with van der Waals surface area (Å²) in [6.07, 6.45) is 3.27. The molecule has 0 aliphatic carbocycles.